The Kier molecular flexibility index (Phi) is 3.55. The maximum atomic E-state index is 12.3. The van der Waals surface area contributed by atoms with Gasteiger partial charge in [0.25, 0.3) is 5.91 Å². The minimum atomic E-state index is -0.224. The summed E-state index contributed by atoms with van der Waals surface area (Å²) < 4.78 is 1.90. The summed E-state index contributed by atoms with van der Waals surface area (Å²) in [5.41, 5.74) is 3.15. The number of carbonyl (C=O) groups excluding carboxylic acids is 1. The molecule has 0 bridgehead atoms. The van der Waals surface area contributed by atoms with Gasteiger partial charge < -0.3 is 4.40 Å². The first kappa shape index (κ1) is 14.5. The van der Waals surface area contributed by atoms with Crippen LogP contribution in [0.25, 0.3) is 16.9 Å². The normalized spacial score (nSPS) is 10.9. The number of hydrogen-bond acceptors (Lipinski definition) is 5. The number of pyridine rings is 1. The monoisotopic (exact) mass is 335 g/mol. The van der Waals surface area contributed by atoms with E-state index in [0.29, 0.717) is 10.7 Å². The molecule has 0 radical (unpaired) electrons. The number of aromatic nitrogens is 4. The number of carbonyl (C=O) groups is 1. The SMILES string of the molecule is Cc1nnc(NC(=O)c2ccn3cc(-c4ccccc4)nc3c2)s1. The van der Waals surface area contributed by atoms with Crippen LogP contribution in [-0.2, 0) is 0 Å². The summed E-state index contributed by atoms with van der Waals surface area (Å²) in [7, 11) is 0. The number of benzene rings is 1. The van der Waals surface area contributed by atoms with Gasteiger partial charge in [-0.3, -0.25) is 10.1 Å². The summed E-state index contributed by atoms with van der Waals surface area (Å²) in [6.45, 7) is 1.84. The van der Waals surface area contributed by atoms with Gasteiger partial charge in [0.05, 0.1) is 5.69 Å². The van der Waals surface area contributed by atoms with Gasteiger partial charge in [0.1, 0.15) is 10.7 Å². The largest absolute Gasteiger partial charge is 0.306 e. The van der Waals surface area contributed by atoms with Crippen molar-refractivity contribution in [3.05, 3.63) is 65.4 Å². The highest BCUT2D eigenvalue weighted by atomic mass is 32.1. The summed E-state index contributed by atoms with van der Waals surface area (Å²) in [4.78, 5) is 16.9. The molecule has 4 rings (SSSR count). The van der Waals surface area contributed by atoms with E-state index in [2.05, 4.69) is 20.5 Å². The lowest BCUT2D eigenvalue weighted by molar-refractivity contribution is 0.102. The van der Waals surface area contributed by atoms with Crippen molar-refractivity contribution in [3.63, 3.8) is 0 Å². The number of anilines is 1. The average molecular weight is 335 g/mol. The number of imidazole rings is 1. The number of fused-ring (bicyclic) bond motifs is 1. The van der Waals surface area contributed by atoms with Crippen LogP contribution in [0.5, 0.6) is 0 Å². The maximum absolute atomic E-state index is 12.3. The van der Waals surface area contributed by atoms with Crippen molar-refractivity contribution in [2.24, 2.45) is 0 Å². The summed E-state index contributed by atoms with van der Waals surface area (Å²) in [6, 6.07) is 13.4. The predicted octanol–water partition coefficient (Wildman–Crippen LogP) is 3.41. The smallest absolute Gasteiger partial charge is 0.257 e. The van der Waals surface area contributed by atoms with E-state index < -0.39 is 0 Å². The molecule has 1 aromatic carbocycles. The van der Waals surface area contributed by atoms with Crippen LogP contribution in [0.4, 0.5) is 5.13 Å². The number of nitrogens with zero attached hydrogens (tertiary/aromatic N) is 4. The van der Waals surface area contributed by atoms with E-state index in [1.165, 1.54) is 11.3 Å². The van der Waals surface area contributed by atoms with Gasteiger partial charge in [0.15, 0.2) is 0 Å². The van der Waals surface area contributed by atoms with Gasteiger partial charge in [-0.05, 0) is 19.1 Å². The van der Waals surface area contributed by atoms with Crippen molar-refractivity contribution >= 4 is 28.0 Å². The summed E-state index contributed by atoms with van der Waals surface area (Å²) in [5, 5.41) is 11.8. The molecule has 0 atom stereocenters. The molecule has 0 spiro atoms. The zero-order chi connectivity index (χ0) is 16.5. The zero-order valence-corrected chi connectivity index (χ0v) is 13.6. The fourth-order valence-electron chi connectivity index (χ4n) is 2.39. The molecule has 1 N–H and O–H groups in total. The average Bonchev–Trinajstić information content (AvgIpc) is 3.21. The molecular formula is C17H13N5OS. The van der Waals surface area contributed by atoms with E-state index in [4.69, 9.17) is 0 Å². The lowest BCUT2D eigenvalue weighted by Gasteiger charge is -2.01. The van der Waals surface area contributed by atoms with Crippen LogP contribution >= 0.6 is 11.3 Å². The molecule has 6 nitrogen and oxygen atoms in total. The number of rotatable bonds is 3. The van der Waals surface area contributed by atoms with E-state index in [1.807, 2.05) is 54.0 Å². The Bertz CT molecular complexity index is 1020. The van der Waals surface area contributed by atoms with Gasteiger partial charge in [-0.25, -0.2) is 4.98 Å². The highest BCUT2D eigenvalue weighted by Crippen LogP contribution is 2.20. The molecule has 0 aliphatic carbocycles. The molecule has 0 saturated heterocycles. The highest BCUT2D eigenvalue weighted by Gasteiger charge is 2.11. The Morgan fingerprint density at radius 2 is 2.00 bits per heavy atom. The van der Waals surface area contributed by atoms with Gasteiger partial charge >= 0.3 is 0 Å². The molecule has 3 aromatic heterocycles. The van der Waals surface area contributed by atoms with Crippen molar-refractivity contribution in [2.75, 3.05) is 5.32 Å². The van der Waals surface area contributed by atoms with E-state index in [1.54, 1.807) is 12.1 Å². The van der Waals surface area contributed by atoms with Crippen molar-refractivity contribution < 1.29 is 4.79 Å². The maximum Gasteiger partial charge on any atom is 0.257 e. The number of nitrogens with one attached hydrogen (secondary N) is 1. The van der Waals surface area contributed by atoms with Crippen LogP contribution in [-0.4, -0.2) is 25.5 Å². The Labute approximate surface area is 141 Å². The standard InChI is InChI=1S/C17H13N5OS/c1-11-20-21-17(24-11)19-16(23)13-7-8-22-10-14(18-15(22)9-13)12-5-3-2-4-6-12/h2-10H,1H3,(H,19,21,23). The topological polar surface area (TPSA) is 72.2 Å². The molecule has 118 valence electrons. The summed E-state index contributed by atoms with van der Waals surface area (Å²) >= 11 is 1.34. The first-order chi connectivity index (χ1) is 11.7. The number of hydrogen-bond donors (Lipinski definition) is 1. The molecular weight excluding hydrogens is 322 g/mol. The van der Waals surface area contributed by atoms with Crippen LogP contribution < -0.4 is 5.32 Å². The molecule has 0 fully saturated rings. The Morgan fingerprint density at radius 1 is 1.17 bits per heavy atom. The number of aryl methyl sites for hydroxylation is 1. The second-order valence-corrected chi connectivity index (χ2v) is 6.44. The van der Waals surface area contributed by atoms with Crippen molar-refractivity contribution in [1.82, 2.24) is 19.6 Å². The zero-order valence-electron chi connectivity index (χ0n) is 12.8. The summed E-state index contributed by atoms with van der Waals surface area (Å²) in [5.74, 6) is -0.224. The van der Waals surface area contributed by atoms with E-state index in [0.717, 1.165) is 21.9 Å². The van der Waals surface area contributed by atoms with Gasteiger partial charge in [-0.15, -0.1) is 10.2 Å². The number of amides is 1. The third-order valence-electron chi connectivity index (χ3n) is 3.54. The van der Waals surface area contributed by atoms with E-state index in [-0.39, 0.29) is 5.91 Å². The second-order valence-electron chi connectivity index (χ2n) is 5.25. The molecule has 0 aliphatic rings. The highest BCUT2D eigenvalue weighted by molar-refractivity contribution is 7.15. The van der Waals surface area contributed by atoms with Crippen molar-refractivity contribution in [1.29, 1.82) is 0 Å². The minimum absolute atomic E-state index is 0.224. The molecule has 7 heteroatoms. The quantitative estimate of drug-likeness (QED) is 0.623. The van der Waals surface area contributed by atoms with Crippen LogP contribution in [0.3, 0.4) is 0 Å². The Balaban J connectivity index is 1.64. The van der Waals surface area contributed by atoms with Crippen molar-refractivity contribution in [2.45, 2.75) is 6.92 Å². The minimum Gasteiger partial charge on any atom is -0.306 e. The lowest BCUT2D eigenvalue weighted by atomic mass is 10.2. The first-order valence-electron chi connectivity index (χ1n) is 7.35. The Hall–Kier alpha value is -3.06. The second kappa shape index (κ2) is 5.86. The molecule has 24 heavy (non-hydrogen) atoms. The predicted molar refractivity (Wildman–Crippen MR) is 93.2 cm³/mol. The van der Waals surface area contributed by atoms with Crippen LogP contribution in [0.1, 0.15) is 15.4 Å². The van der Waals surface area contributed by atoms with Crippen LogP contribution in [0, 0.1) is 6.92 Å². The summed E-state index contributed by atoms with van der Waals surface area (Å²) in [6.07, 6.45) is 3.77. The van der Waals surface area contributed by atoms with Gasteiger partial charge in [-0.1, -0.05) is 41.7 Å². The van der Waals surface area contributed by atoms with E-state index >= 15 is 0 Å². The third kappa shape index (κ3) is 2.77. The molecule has 0 unspecified atom stereocenters. The van der Waals surface area contributed by atoms with Gasteiger partial charge in [-0.2, -0.15) is 0 Å². The fourth-order valence-corrected chi connectivity index (χ4v) is 2.97. The van der Waals surface area contributed by atoms with Gasteiger partial charge in [0.2, 0.25) is 5.13 Å². The van der Waals surface area contributed by atoms with Gasteiger partial charge in [0, 0.05) is 23.5 Å². The molecule has 0 saturated carbocycles. The lowest BCUT2D eigenvalue weighted by Crippen LogP contribution is -2.12. The van der Waals surface area contributed by atoms with E-state index in [9.17, 15) is 4.79 Å². The molecule has 0 aliphatic heterocycles. The molecule has 1 amide bonds. The van der Waals surface area contributed by atoms with Crippen molar-refractivity contribution in [3.8, 4) is 11.3 Å². The van der Waals surface area contributed by atoms with Crippen LogP contribution in [0.2, 0.25) is 0 Å². The first-order valence-corrected chi connectivity index (χ1v) is 8.16. The third-order valence-corrected chi connectivity index (χ3v) is 4.29. The Morgan fingerprint density at radius 3 is 2.75 bits per heavy atom. The fraction of sp³-hybridized carbons (Fsp3) is 0.0588. The van der Waals surface area contributed by atoms with Crippen LogP contribution in [0.15, 0.2) is 54.9 Å². The molecule has 4 aromatic rings. The molecule has 3 heterocycles.